The maximum atomic E-state index is 12.8. The highest BCUT2D eigenvalue weighted by Crippen LogP contribution is 2.27. The third-order valence-corrected chi connectivity index (χ3v) is 3.95. The molecule has 2 rings (SSSR count). The average molecular weight is 360 g/mol. The minimum absolute atomic E-state index is 0.103. The maximum absolute atomic E-state index is 12.8. The van der Waals surface area contributed by atoms with Crippen LogP contribution in [-0.4, -0.2) is 8.42 Å². The predicted molar refractivity (Wildman–Crippen MR) is 76.2 cm³/mol. The van der Waals surface area contributed by atoms with Crippen LogP contribution in [0, 0.1) is 5.82 Å². The van der Waals surface area contributed by atoms with Crippen molar-refractivity contribution in [2.75, 3.05) is 0 Å². The van der Waals surface area contributed by atoms with Crippen LogP contribution in [-0.2, 0) is 16.6 Å². The van der Waals surface area contributed by atoms with Crippen molar-refractivity contribution in [2.24, 2.45) is 5.14 Å². The summed E-state index contributed by atoms with van der Waals surface area (Å²) in [6, 6.07) is 10.3. The fourth-order valence-corrected chi connectivity index (χ4v) is 2.78. The Morgan fingerprint density at radius 2 is 1.80 bits per heavy atom. The van der Waals surface area contributed by atoms with Gasteiger partial charge in [0, 0.05) is 4.47 Å². The van der Waals surface area contributed by atoms with Crippen LogP contribution in [0.4, 0.5) is 4.39 Å². The zero-order valence-corrected chi connectivity index (χ0v) is 12.6. The van der Waals surface area contributed by atoms with Crippen molar-refractivity contribution in [3.8, 4) is 5.75 Å². The molecular weight excluding hydrogens is 349 g/mol. The summed E-state index contributed by atoms with van der Waals surface area (Å²) in [7, 11) is -3.88. The van der Waals surface area contributed by atoms with E-state index in [1.165, 1.54) is 24.3 Å². The van der Waals surface area contributed by atoms with Gasteiger partial charge in [-0.25, -0.2) is 17.9 Å². The van der Waals surface area contributed by atoms with Gasteiger partial charge in [-0.3, -0.25) is 0 Å². The van der Waals surface area contributed by atoms with E-state index in [1.807, 2.05) is 0 Å². The molecule has 0 bridgehead atoms. The summed E-state index contributed by atoms with van der Waals surface area (Å²) in [5, 5.41) is 5.14. The van der Waals surface area contributed by atoms with Gasteiger partial charge in [-0.2, -0.15) is 0 Å². The fourth-order valence-electron chi connectivity index (χ4n) is 1.57. The predicted octanol–water partition coefficient (Wildman–Crippen LogP) is 2.81. The van der Waals surface area contributed by atoms with Crippen molar-refractivity contribution in [1.29, 1.82) is 0 Å². The largest absolute Gasteiger partial charge is 0.487 e. The van der Waals surface area contributed by atoms with Crippen LogP contribution in [0.3, 0.4) is 0 Å². The highest BCUT2D eigenvalue weighted by molar-refractivity contribution is 9.10. The molecule has 0 saturated carbocycles. The molecule has 0 saturated heterocycles. The molecular formula is C13H11BrFNO3S. The number of benzene rings is 2. The molecule has 0 aliphatic heterocycles. The molecule has 0 fully saturated rings. The fraction of sp³-hybridized carbons (Fsp3) is 0.0769. The Morgan fingerprint density at radius 1 is 1.15 bits per heavy atom. The van der Waals surface area contributed by atoms with Crippen LogP contribution in [0.25, 0.3) is 0 Å². The van der Waals surface area contributed by atoms with E-state index in [0.29, 0.717) is 4.47 Å². The minimum atomic E-state index is -3.88. The Kier molecular flexibility index (Phi) is 4.42. The van der Waals surface area contributed by atoms with E-state index in [4.69, 9.17) is 9.88 Å². The smallest absolute Gasteiger partial charge is 0.241 e. The van der Waals surface area contributed by atoms with Gasteiger partial charge in [-0.1, -0.05) is 28.1 Å². The second kappa shape index (κ2) is 5.90. The summed E-state index contributed by atoms with van der Waals surface area (Å²) in [6.07, 6.45) is 0. The molecule has 0 aromatic heterocycles. The Hall–Kier alpha value is -1.44. The van der Waals surface area contributed by atoms with Crippen LogP contribution in [0.5, 0.6) is 5.75 Å². The van der Waals surface area contributed by atoms with Gasteiger partial charge in [0.2, 0.25) is 10.0 Å². The van der Waals surface area contributed by atoms with Crippen LogP contribution in [0.15, 0.2) is 51.8 Å². The maximum Gasteiger partial charge on any atom is 0.241 e. The van der Waals surface area contributed by atoms with Crippen LogP contribution < -0.4 is 9.88 Å². The lowest BCUT2D eigenvalue weighted by Gasteiger charge is -2.10. The van der Waals surface area contributed by atoms with Crippen molar-refractivity contribution in [2.45, 2.75) is 11.5 Å². The van der Waals surface area contributed by atoms with E-state index in [0.717, 1.165) is 5.56 Å². The number of sulfonamides is 1. The van der Waals surface area contributed by atoms with Gasteiger partial charge in [0.15, 0.2) is 0 Å². The summed E-state index contributed by atoms with van der Waals surface area (Å²) in [4.78, 5) is -0.103. The number of halogens is 2. The van der Waals surface area contributed by atoms with Crippen molar-refractivity contribution in [3.63, 3.8) is 0 Å². The molecule has 7 heteroatoms. The third kappa shape index (κ3) is 3.78. The highest BCUT2D eigenvalue weighted by Gasteiger charge is 2.15. The monoisotopic (exact) mass is 359 g/mol. The first-order valence-corrected chi connectivity index (χ1v) is 7.90. The van der Waals surface area contributed by atoms with Gasteiger partial charge in [0.25, 0.3) is 0 Å². The van der Waals surface area contributed by atoms with E-state index in [-0.39, 0.29) is 23.1 Å². The lowest BCUT2D eigenvalue weighted by Crippen LogP contribution is -2.14. The molecule has 2 aromatic rings. The molecule has 2 aromatic carbocycles. The molecule has 106 valence electrons. The number of hydrogen-bond donors (Lipinski definition) is 1. The Bertz CT molecular complexity index is 717. The van der Waals surface area contributed by atoms with Crippen molar-refractivity contribution in [1.82, 2.24) is 0 Å². The molecule has 0 aliphatic carbocycles. The number of rotatable bonds is 4. The third-order valence-electron chi connectivity index (χ3n) is 2.52. The summed E-state index contributed by atoms with van der Waals surface area (Å²) in [6.45, 7) is 0.116. The van der Waals surface area contributed by atoms with E-state index in [2.05, 4.69) is 15.9 Å². The van der Waals surface area contributed by atoms with E-state index >= 15 is 0 Å². The van der Waals surface area contributed by atoms with E-state index in [1.54, 1.807) is 18.2 Å². The van der Waals surface area contributed by atoms with Gasteiger partial charge in [-0.15, -0.1) is 0 Å². The standard InChI is InChI=1S/C13H11BrFNO3S/c14-10-3-6-12(13(7-10)20(16,17)18)19-8-9-1-4-11(15)5-2-9/h1-7H,8H2,(H2,16,17,18). The number of ether oxygens (including phenoxy) is 1. The summed E-state index contributed by atoms with van der Waals surface area (Å²) in [5.41, 5.74) is 0.717. The number of nitrogens with two attached hydrogens (primary N) is 1. The molecule has 0 spiro atoms. The zero-order valence-electron chi connectivity index (χ0n) is 10.2. The molecule has 0 unspecified atom stereocenters. The normalized spacial score (nSPS) is 11.3. The highest BCUT2D eigenvalue weighted by atomic mass is 79.9. The van der Waals surface area contributed by atoms with Gasteiger partial charge in [-0.05, 0) is 35.9 Å². The summed E-state index contributed by atoms with van der Waals surface area (Å²) >= 11 is 3.18. The lowest BCUT2D eigenvalue weighted by atomic mass is 10.2. The van der Waals surface area contributed by atoms with E-state index in [9.17, 15) is 12.8 Å². The second-order valence-corrected chi connectivity index (χ2v) is 6.50. The molecule has 4 nitrogen and oxygen atoms in total. The second-order valence-electron chi connectivity index (χ2n) is 4.05. The minimum Gasteiger partial charge on any atom is -0.487 e. The van der Waals surface area contributed by atoms with Crippen molar-refractivity contribution >= 4 is 26.0 Å². The number of primary sulfonamides is 1. The molecule has 0 atom stereocenters. The molecule has 0 aliphatic rings. The van der Waals surface area contributed by atoms with Gasteiger partial charge in [0.05, 0.1) is 0 Å². The first-order valence-electron chi connectivity index (χ1n) is 5.56. The lowest BCUT2D eigenvalue weighted by molar-refractivity contribution is 0.297. The first-order chi connectivity index (χ1) is 9.36. The average Bonchev–Trinajstić information content (AvgIpc) is 2.38. The molecule has 20 heavy (non-hydrogen) atoms. The van der Waals surface area contributed by atoms with Crippen molar-refractivity contribution < 1.29 is 17.5 Å². The molecule has 2 N–H and O–H groups in total. The van der Waals surface area contributed by atoms with Crippen LogP contribution in [0.1, 0.15) is 5.56 Å². The quantitative estimate of drug-likeness (QED) is 0.912. The molecule has 0 radical (unpaired) electrons. The summed E-state index contributed by atoms with van der Waals surface area (Å²) in [5.74, 6) is -0.192. The summed E-state index contributed by atoms with van der Waals surface area (Å²) < 4.78 is 41.8. The topological polar surface area (TPSA) is 69.4 Å². The Labute approximate surface area is 124 Å². The van der Waals surface area contributed by atoms with Crippen LogP contribution in [0.2, 0.25) is 0 Å². The van der Waals surface area contributed by atoms with E-state index < -0.39 is 10.0 Å². The Morgan fingerprint density at radius 3 is 2.40 bits per heavy atom. The number of hydrogen-bond acceptors (Lipinski definition) is 3. The van der Waals surface area contributed by atoms with Crippen LogP contribution >= 0.6 is 15.9 Å². The van der Waals surface area contributed by atoms with Gasteiger partial charge in [0.1, 0.15) is 23.1 Å². The SMILES string of the molecule is NS(=O)(=O)c1cc(Br)ccc1OCc1ccc(F)cc1. The van der Waals surface area contributed by atoms with Gasteiger partial charge < -0.3 is 4.74 Å². The molecule has 0 amide bonds. The zero-order chi connectivity index (χ0) is 14.8. The first kappa shape index (κ1) is 15.0. The van der Waals surface area contributed by atoms with Gasteiger partial charge >= 0.3 is 0 Å². The molecule has 0 heterocycles. The Balaban J connectivity index is 2.23. The van der Waals surface area contributed by atoms with Crippen molar-refractivity contribution in [3.05, 3.63) is 58.3 Å².